The third-order valence-electron chi connectivity index (χ3n) is 10.7. The second-order valence-electron chi connectivity index (χ2n) is 14.3. The van der Waals surface area contributed by atoms with Gasteiger partial charge in [-0.25, -0.2) is 8.78 Å². The fourth-order valence-electron chi connectivity index (χ4n) is 7.09. The van der Waals surface area contributed by atoms with Crippen LogP contribution < -0.4 is 11.1 Å². The standard InChI is InChI=1S/C41H51F2N5O3/c1-46-25-8-12-33(46)20-24-45-39(50)36(28-30-16-19-34(42)35(43)26-30)48(3)40(51)37(47(2)38(49)13-7-21-41(44)22-9-23-41)27-29-14-17-32(18-15-29)31-10-5-4-6-11-31/h4-7,10-11,13-19,26,33,36-37H,8-9,12,20-25,27-28,44H2,1-3H3,(H,45,50)/b13-7+/t33?,36-,37-/m1/s1. The maximum atomic E-state index is 14.5. The molecule has 2 fully saturated rings. The van der Waals surface area contributed by atoms with Crippen molar-refractivity contribution in [2.75, 3.05) is 34.2 Å². The topological polar surface area (TPSA) is 99.0 Å². The molecule has 8 nitrogen and oxygen atoms in total. The van der Waals surface area contributed by atoms with Crippen LogP contribution in [0, 0.1) is 11.6 Å². The lowest BCUT2D eigenvalue weighted by Gasteiger charge is -2.37. The van der Waals surface area contributed by atoms with Gasteiger partial charge in [0, 0.05) is 45.1 Å². The number of nitrogens with zero attached hydrogens (tertiary/aromatic N) is 3. The van der Waals surface area contributed by atoms with E-state index >= 15 is 0 Å². The smallest absolute Gasteiger partial charge is 0.246 e. The van der Waals surface area contributed by atoms with Crippen molar-refractivity contribution in [1.29, 1.82) is 0 Å². The first-order valence-corrected chi connectivity index (χ1v) is 18.0. The maximum absolute atomic E-state index is 14.5. The molecule has 1 aliphatic heterocycles. The SMILES string of the molecule is CN1CCCC1CCNC(=O)[C@@H](Cc1ccc(F)c(F)c1)N(C)C(=O)[C@@H](Cc1ccc(-c2ccccc2)cc1)N(C)C(=O)/C=C/CC1(N)CCC1. The fourth-order valence-corrected chi connectivity index (χ4v) is 7.09. The molecular formula is C41H51F2N5O3. The normalized spacial score (nSPS) is 18.2. The lowest BCUT2D eigenvalue weighted by atomic mass is 9.75. The van der Waals surface area contributed by atoms with Gasteiger partial charge in [0.15, 0.2) is 11.6 Å². The van der Waals surface area contributed by atoms with E-state index in [9.17, 15) is 23.2 Å². The van der Waals surface area contributed by atoms with Crippen molar-refractivity contribution in [3.63, 3.8) is 0 Å². The first-order chi connectivity index (χ1) is 24.4. The molecule has 3 amide bonds. The zero-order chi connectivity index (χ0) is 36.5. The van der Waals surface area contributed by atoms with Crippen LogP contribution >= 0.6 is 0 Å². The van der Waals surface area contributed by atoms with Gasteiger partial charge in [0.2, 0.25) is 17.7 Å². The van der Waals surface area contributed by atoms with E-state index in [0.29, 0.717) is 24.6 Å². The van der Waals surface area contributed by atoms with Crippen molar-refractivity contribution >= 4 is 17.7 Å². The third kappa shape index (κ3) is 9.89. The molecule has 0 bridgehead atoms. The number of amides is 3. The Balaban J connectivity index is 1.38. The average molecular weight is 700 g/mol. The first kappa shape index (κ1) is 37.8. The van der Waals surface area contributed by atoms with E-state index in [1.807, 2.05) is 54.6 Å². The number of carbonyl (C=O) groups excluding carboxylic acids is 3. The van der Waals surface area contributed by atoms with E-state index in [0.717, 1.165) is 73.9 Å². The van der Waals surface area contributed by atoms with Crippen molar-refractivity contribution in [2.45, 2.75) is 81.5 Å². The monoisotopic (exact) mass is 699 g/mol. The molecule has 0 spiro atoms. The molecule has 1 aliphatic carbocycles. The Labute approximate surface area is 300 Å². The summed E-state index contributed by atoms with van der Waals surface area (Å²) < 4.78 is 28.1. The number of halogens is 2. The lowest BCUT2D eigenvalue weighted by molar-refractivity contribution is -0.146. The van der Waals surface area contributed by atoms with E-state index in [1.165, 1.54) is 29.0 Å². The summed E-state index contributed by atoms with van der Waals surface area (Å²) in [6, 6.07) is 19.7. The summed E-state index contributed by atoms with van der Waals surface area (Å²) in [4.78, 5) is 46.9. The quantitative estimate of drug-likeness (QED) is 0.204. The zero-order valence-corrected chi connectivity index (χ0v) is 30.0. The molecule has 3 aromatic carbocycles. The van der Waals surface area contributed by atoms with Gasteiger partial charge in [0.05, 0.1) is 0 Å². The van der Waals surface area contributed by atoms with Crippen molar-refractivity contribution < 1.29 is 23.2 Å². The Bertz CT molecular complexity index is 1680. The molecule has 51 heavy (non-hydrogen) atoms. The molecule has 1 heterocycles. The lowest BCUT2D eigenvalue weighted by Crippen LogP contribution is -2.56. The summed E-state index contributed by atoms with van der Waals surface area (Å²) in [6.45, 7) is 1.42. The minimum absolute atomic E-state index is 0.0384. The number of likely N-dealkylation sites (N-methyl/N-ethyl adjacent to an activating group) is 2. The van der Waals surface area contributed by atoms with Gasteiger partial charge in [0.25, 0.3) is 0 Å². The van der Waals surface area contributed by atoms with Crippen LogP contribution in [0.4, 0.5) is 8.78 Å². The average Bonchev–Trinajstić information content (AvgIpc) is 3.53. The molecule has 0 radical (unpaired) electrons. The molecule has 3 atom stereocenters. The Morgan fingerprint density at radius 1 is 0.902 bits per heavy atom. The minimum atomic E-state index is -1.04. The number of benzene rings is 3. The van der Waals surface area contributed by atoms with Crippen LogP contribution in [0.1, 0.15) is 56.1 Å². The Morgan fingerprint density at radius 3 is 2.20 bits per heavy atom. The molecule has 3 N–H and O–H groups in total. The van der Waals surface area contributed by atoms with Gasteiger partial charge >= 0.3 is 0 Å². The predicted octanol–water partition coefficient (Wildman–Crippen LogP) is 5.50. The summed E-state index contributed by atoms with van der Waals surface area (Å²) in [6.07, 6.45) is 9.78. The van der Waals surface area contributed by atoms with E-state index in [2.05, 4.69) is 17.3 Å². The highest BCUT2D eigenvalue weighted by Crippen LogP contribution is 2.32. The van der Waals surface area contributed by atoms with Gasteiger partial charge in [-0.05, 0) is 99.0 Å². The fraction of sp³-hybridized carbons (Fsp3) is 0.439. The highest BCUT2D eigenvalue weighted by Gasteiger charge is 2.36. The van der Waals surface area contributed by atoms with E-state index < -0.39 is 35.5 Å². The van der Waals surface area contributed by atoms with Crippen LogP contribution in [-0.2, 0) is 27.2 Å². The molecule has 2 aliphatic rings. The van der Waals surface area contributed by atoms with Crippen LogP contribution in [0.2, 0.25) is 0 Å². The number of carbonyl (C=O) groups is 3. The molecular weight excluding hydrogens is 648 g/mol. The van der Waals surface area contributed by atoms with Crippen LogP contribution in [0.25, 0.3) is 11.1 Å². The molecule has 1 unspecified atom stereocenters. The summed E-state index contributed by atoms with van der Waals surface area (Å²) in [5.41, 5.74) is 9.36. The molecule has 0 aromatic heterocycles. The largest absolute Gasteiger partial charge is 0.354 e. The Kier molecular flexibility index (Phi) is 12.8. The molecule has 10 heteroatoms. The number of nitrogens with two attached hydrogens (primary N) is 1. The van der Waals surface area contributed by atoms with Gasteiger partial charge in [-0.15, -0.1) is 0 Å². The number of rotatable bonds is 15. The van der Waals surface area contributed by atoms with E-state index in [4.69, 9.17) is 5.73 Å². The number of likely N-dealkylation sites (tertiary alicyclic amines) is 1. The number of hydrogen-bond acceptors (Lipinski definition) is 5. The van der Waals surface area contributed by atoms with Crippen LogP contribution in [0.15, 0.2) is 84.9 Å². The van der Waals surface area contributed by atoms with Gasteiger partial charge in [-0.3, -0.25) is 14.4 Å². The molecule has 3 aromatic rings. The number of nitrogens with one attached hydrogen (secondary N) is 1. The maximum Gasteiger partial charge on any atom is 0.246 e. The van der Waals surface area contributed by atoms with Crippen LogP contribution in [0.3, 0.4) is 0 Å². The van der Waals surface area contributed by atoms with Crippen molar-refractivity contribution in [3.05, 3.63) is 108 Å². The zero-order valence-electron chi connectivity index (χ0n) is 30.0. The summed E-state index contributed by atoms with van der Waals surface area (Å²) in [7, 11) is 5.19. The van der Waals surface area contributed by atoms with Gasteiger partial charge in [-0.1, -0.05) is 66.7 Å². The highest BCUT2D eigenvalue weighted by atomic mass is 19.2. The highest BCUT2D eigenvalue weighted by molar-refractivity contribution is 5.95. The van der Waals surface area contributed by atoms with Gasteiger partial charge in [-0.2, -0.15) is 0 Å². The van der Waals surface area contributed by atoms with Crippen LogP contribution in [0.5, 0.6) is 0 Å². The predicted molar refractivity (Wildman–Crippen MR) is 197 cm³/mol. The summed E-state index contributed by atoms with van der Waals surface area (Å²) in [5.74, 6) is -3.22. The number of hydrogen-bond donors (Lipinski definition) is 2. The second kappa shape index (κ2) is 17.2. The Hall–Kier alpha value is -4.41. The summed E-state index contributed by atoms with van der Waals surface area (Å²) in [5, 5.41) is 3.00. The van der Waals surface area contributed by atoms with Gasteiger partial charge < -0.3 is 25.8 Å². The van der Waals surface area contributed by atoms with E-state index in [-0.39, 0.29) is 24.3 Å². The first-order valence-electron chi connectivity index (χ1n) is 18.0. The summed E-state index contributed by atoms with van der Waals surface area (Å²) >= 11 is 0. The molecule has 1 saturated heterocycles. The molecule has 272 valence electrons. The van der Waals surface area contributed by atoms with Crippen molar-refractivity contribution in [1.82, 2.24) is 20.0 Å². The van der Waals surface area contributed by atoms with Crippen molar-refractivity contribution in [2.24, 2.45) is 5.73 Å². The Morgan fingerprint density at radius 2 is 1.57 bits per heavy atom. The molecule has 1 saturated carbocycles. The van der Waals surface area contributed by atoms with Gasteiger partial charge in [0.1, 0.15) is 12.1 Å². The van der Waals surface area contributed by atoms with Crippen LogP contribution in [-0.4, -0.2) is 90.3 Å². The molecule has 5 rings (SSSR count). The third-order valence-corrected chi connectivity index (χ3v) is 10.7. The van der Waals surface area contributed by atoms with Crippen molar-refractivity contribution in [3.8, 4) is 11.1 Å². The second-order valence-corrected chi connectivity index (χ2v) is 14.3. The van der Waals surface area contributed by atoms with E-state index in [1.54, 1.807) is 13.1 Å². The minimum Gasteiger partial charge on any atom is -0.354 e.